The van der Waals surface area contributed by atoms with Gasteiger partial charge in [-0.15, -0.1) is 0 Å². The molecule has 0 saturated heterocycles. The molecule has 1 heterocycles. The first kappa shape index (κ1) is 21.7. The molecule has 31 heavy (non-hydrogen) atoms. The standard InChI is InChI=1S/C22H21BrF3N3O2/c1-12-5-8-14(11-16(12)22(24,25)26)27-20(30)13-6-9-15(10-7-13)29-18-4-2-3-17(23)19(18)28-21(29)31/h2-5,8,11,13,15H,6-7,9-10H2,1H3,(H,27,30)(H,28,31). The molecule has 0 spiro atoms. The van der Waals surface area contributed by atoms with E-state index in [0.717, 1.165) is 21.6 Å². The summed E-state index contributed by atoms with van der Waals surface area (Å²) in [6.07, 6.45) is -2.08. The number of fused-ring (bicyclic) bond motifs is 1. The molecule has 1 aromatic heterocycles. The lowest BCUT2D eigenvalue weighted by atomic mass is 9.85. The van der Waals surface area contributed by atoms with Gasteiger partial charge >= 0.3 is 11.9 Å². The van der Waals surface area contributed by atoms with E-state index < -0.39 is 11.7 Å². The Hall–Kier alpha value is -2.55. The fourth-order valence-electron chi connectivity index (χ4n) is 4.32. The van der Waals surface area contributed by atoms with Gasteiger partial charge in [0.1, 0.15) is 0 Å². The highest BCUT2D eigenvalue weighted by atomic mass is 79.9. The smallest absolute Gasteiger partial charge is 0.326 e. The van der Waals surface area contributed by atoms with Crippen LogP contribution in [0.3, 0.4) is 0 Å². The Labute approximate surface area is 184 Å². The minimum Gasteiger partial charge on any atom is -0.326 e. The van der Waals surface area contributed by atoms with E-state index in [1.807, 2.05) is 18.2 Å². The number of nitrogens with zero attached hydrogens (tertiary/aromatic N) is 1. The van der Waals surface area contributed by atoms with Crippen molar-refractivity contribution in [1.29, 1.82) is 0 Å². The number of rotatable bonds is 3. The van der Waals surface area contributed by atoms with E-state index in [1.165, 1.54) is 19.1 Å². The van der Waals surface area contributed by atoms with Crippen molar-refractivity contribution >= 4 is 38.6 Å². The average Bonchev–Trinajstić information content (AvgIpc) is 3.06. The van der Waals surface area contributed by atoms with Crippen molar-refractivity contribution in [3.63, 3.8) is 0 Å². The molecule has 1 fully saturated rings. The van der Waals surface area contributed by atoms with Gasteiger partial charge in [-0.05, 0) is 78.4 Å². The minimum atomic E-state index is -4.47. The van der Waals surface area contributed by atoms with Crippen LogP contribution in [0.2, 0.25) is 0 Å². The van der Waals surface area contributed by atoms with Crippen LogP contribution in [0.25, 0.3) is 11.0 Å². The summed E-state index contributed by atoms with van der Waals surface area (Å²) in [6, 6.07) is 9.39. The van der Waals surface area contributed by atoms with E-state index in [1.54, 1.807) is 4.57 Å². The number of hydrogen-bond acceptors (Lipinski definition) is 2. The molecule has 0 atom stereocenters. The monoisotopic (exact) mass is 495 g/mol. The molecule has 0 radical (unpaired) electrons. The van der Waals surface area contributed by atoms with E-state index in [9.17, 15) is 22.8 Å². The molecule has 9 heteroatoms. The molecule has 1 saturated carbocycles. The fraction of sp³-hybridized carbons (Fsp3) is 0.364. The largest absolute Gasteiger partial charge is 0.416 e. The van der Waals surface area contributed by atoms with Gasteiger partial charge in [0.05, 0.1) is 16.6 Å². The maximum Gasteiger partial charge on any atom is 0.416 e. The van der Waals surface area contributed by atoms with Crippen LogP contribution < -0.4 is 11.0 Å². The number of H-pyrrole nitrogens is 1. The summed E-state index contributed by atoms with van der Waals surface area (Å²) >= 11 is 3.44. The lowest BCUT2D eigenvalue weighted by Crippen LogP contribution is -2.31. The average molecular weight is 496 g/mol. The maximum absolute atomic E-state index is 13.1. The summed E-state index contributed by atoms with van der Waals surface area (Å²) in [5.74, 6) is -0.594. The minimum absolute atomic E-state index is 0.0317. The first-order valence-electron chi connectivity index (χ1n) is 10.0. The van der Waals surface area contributed by atoms with Crippen molar-refractivity contribution in [3.05, 3.63) is 62.5 Å². The zero-order chi connectivity index (χ0) is 22.3. The normalized spacial score (nSPS) is 19.5. The van der Waals surface area contributed by atoms with Gasteiger partial charge in [-0.3, -0.25) is 9.36 Å². The summed E-state index contributed by atoms with van der Waals surface area (Å²) in [4.78, 5) is 28.0. The lowest BCUT2D eigenvalue weighted by molar-refractivity contribution is -0.138. The predicted octanol–water partition coefficient (Wildman–Crippen LogP) is 5.79. The zero-order valence-electron chi connectivity index (χ0n) is 16.7. The number of imidazole rings is 1. The van der Waals surface area contributed by atoms with E-state index in [-0.39, 0.29) is 34.8 Å². The highest BCUT2D eigenvalue weighted by molar-refractivity contribution is 9.10. The van der Waals surface area contributed by atoms with E-state index in [4.69, 9.17) is 0 Å². The summed E-state index contributed by atoms with van der Waals surface area (Å²) in [7, 11) is 0. The summed E-state index contributed by atoms with van der Waals surface area (Å²) in [5, 5.41) is 2.63. The van der Waals surface area contributed by atoms with Crippen molar-refractivity contribution in [1.82, 2.24) is 9.55 Å². The molecule has 2 aromatic carbocycles. The van der Waals surface area contributed by atoms with Crippen LogP contribution >= 0.6 is 15.9 Å². The molecular formula is C22H21BrF3N3O2. The van der Waals surface area contributed by atoms with Crippen LogP contribution in [0.15, 0.2) is 45.7 Å². The number of halogens is 4. The van der Waals surface area contributed by atoms with Gasteiger partial charge in [-0.2, -0.15) is 13.2 Å². The fourth-order valence-corrected chi connectivity index (χ4v) is 4.78. The molecule has 3 aromatic rings. The van der Waals surface area contributed by atoms with Crippen molar-refractivity contribution in [2.24, 2.45) is 5.92 Å². The van der Waals surface area contributed by atoms with Crippen LogP contribution in [0.5, 0.6) is 0 Å². The van der Waals surface area contributed by atoms with Gasteiger partial charge in [0, 0.05) is 22.1 Å². The third-order valence-electron chi connectivity index (χ3n) is 5.95. The third kappa shape index (κ3) is 4.28. The number of carbonyl (C=O) groups excluding carboxylic acids is 1. The summed E-state index contributed by atoms with van der Waals surface area (Å²) in [6.45, 7) is 1.39. The molecule has 2 N–H and O–H groups in total. The van der Waals surface area contributed by atoms with Gasteiger partial charge in [-0.25, -0.2) is 4.79 Å². The number of carbonyl (C=O) groups is 1. The molecule has 1 aliphatic rings. The van der Waals surface area contributed by atoms with Crippen LogP contribution in [-0.2, 0) is 11.0 Å². The second-order valence-electron chi connectivity index (χ2n) is 7.96. The molecule has 1 aliphatic carbocycles. The molecule has 0 unspecified atom stereocenters. The number of aromatic nitrogens is 2. The summed E-state index contributed by atoms with van der Waals surface area (Å²) in [5.41, 5.74) is 0.872. The Morgan fingerprint density at radius 1 is 1.16 bits per heavy atom. The van der Waals surface area contributed by atoms with Crippen LogP contribution in [0.1, 0.15) is 42.9 Å². The number of anilines is 1. The van der Waals surface area contributed by atoms with Crippen molar-refractivity contribution in [2.45, 2.75) is 44.8 Å². The second kappa shape index (κ2) is 8.18. The third-order valence-corrected chi connectivity index (χ3v) is 6.61. The second-order valence-corrected chi connectivity index (χ2v) is 8.81. The van der Waals surface area contributed by atoms with E-state index in [0.29, 0.717) is 25.7 Å². The highest BCUT2D eigenvalue weighted by Crippen LogP contribution is 2.36. The quantitative estimate of drug-likeness (QED) is 0.482. The number of nitrogens with one attached hydrogen (secondary N) is 2. The topological polar surface area (TPSA) is 66.9 Å². The molecule has 5 nitrogen and oxygen atoms in total. The predicted molar refractivity (Wildman–Crippen MR) is 116 cm³/mol. The Kier molecular flexibility index (Phi) is 5.72. The van der Waals surface area contributed by atoms with Crippen LogP contribution in [-0.4, -0.2) is 15.5 Å². The first-order valence-corrected chi connectivity index (χ1v) is 10.8. The number of hydrogen-bond donors (Lipinski definition) is 2. The van der Waals surface area contributed by atoms with Crippen molar-refractivity contribution in [2.75, 3.05) is 5.32 Å². The Bertz CT molecular complexity index is 1190. The van der Waals surface area contributed by atoms with E-state index in [2.05, 4.69) is 26.2 Å². The number of aryl methyl sites for hydroxylation is 1. The molecule has 4 rings (SSSR count). The number of alkyl halides is 3. The van der Waals surface area contributed by atoms with Crippen molar-refractivity contribution < 1.29 is 18.0 Å². The SMILES string of the molecule is Cc1ccc(NC(=O)C2CCC(n3c(=O)[nH]c4c(Br)cccc43)CC2)cc1C(F)(F)F. The first-order chi connectivity index (χ1) is 14.6. The van der Waals surface area contributed by atoms with Gasteiger partial charge < -0.3 is 10.3 Å². The number of benzene rings is 2. The van der Waals surface area contributed by atoms with Crippen molar-refractivity contribution in [3.8, 4) is 0 Å². The van der Waals surface area contributed by atoms with E-state index >= 15 is 0 Å². The maximum atomic E-state index is 13.1. The lowest BCUT2D eigenvalue weighted by Gasteiger charge is -2.28. The van der Waals surface area contributed by atoms with Crippen LogP contribution in [0.4, 0.5) is 18.9 Å². The molecule has 1 amide bonds. The Morgan fingerprint density at radius 2 is 1.87 bits per heavy atom. The Balaban J connectivity index is 1.45. The number of amides is 1. The van der Waals surface area contributed by atoms with Gasteiger partial charge in [0.15, 0.2) is 0 Å². The molecule has 0 aliphatic heterocycles. The van der Waals surface area contributed by atoms with Gasteiger partial charge in [0.2, 0.25) is 5.91 Å². The molecule has 0 bridgehead atoms. The molecular weight excluding hydrogens is 475 g/mol. The van der Waals surface area contributed by atoms with Gasteiger partial charge in [0.25, 0.3) is 0 Å². The van der Waals surface area contributed by atoms with Gasteiger partial charge in [-0.1, -0.05) is 12.1 Å². The van der Waals surface area contributed by atoms with Crippen LogP contribution in [0, 0.1) is 12.8 Å². The number of para-hydroxylation sites is 1. The molecule has 164 valence electrons. The highest BCUT2D eigenvalue weighted by Gasteiger charge is 2.33. The summed E-state index contributed by atoms with van der Waals surface area (Å²) < 4.78 is 41.9. The Morgan fingerprint density at radius 3 is 2.55 bits per heavy atom. The zero-order valence-corrected chi connectivity index (χ0v) is 18.3. The number of aromatic amines is 1.